The normalized spacial score (nSPS) is 15.5. The van der Waals surface area contributed by atoms with Crippen LogP contribution in [0.2, 0.25) is 10.1 Å². The first kappa shape index (κ1) is 19.2. The second kappa shape index (κ2) is 5.55. The maximum atomic E-state index is 10.3. The van der Waals surface area contributed by atoms with E-state index in [9.17, 15) is 19.2 Å². The summed E-state index contributed by atoms with van der Waals surface area (Å²) in [5.74, 6) is -0.109. The molecule has 0 atom stereocenters. The summed E-state index contributed by atoms with van der Waals surface area (Å²) in [6.45, 7) is 14.1. The molecule has 4 N–H and O–H groups in total. The van der Waals surface area contributed by atoms with Gasteiger partial charge in [-0.3, -0.25) is 0 Å². The van der Waals surface area contributed by atoms with Crippen molar-refractivity contribution < 1.29 is 23.3 Å². The Morgan fingerprint density at radius 3 is 1.05 bits per heavy atom. The summed E-state index contributed by atoms with van der Waals surface area (Å²) in [6.07, 6.45) is 0. The number of hydrogen-bond donors (Lipinski definition) is 4. The Morgan fingerprint density at radius 2 is 0.895 bits per heavy atom. The van der Waals surface area contributed by atoms with Crippen molar-refractivity contribution in [3.8, 4) is 0 Å². The van der Waals surface area contributed by atoms with Crippen molar-refractivity contribution in [2.45, 2.75) is 65.5 Å². The number of hydrogen-bond acceptors (Lipinski definition) is 5. The Morgan fingerprint density at radius 1 is 0.684 bits per heavy atom. The standard InChI is InChI=1S/C12H30O5Si2/c1-9(2)11(5,6)18(13,14)17-19(15,16)12(7,8)10(3)4/h9-10,13-16H,1-8H3. The van der Waals surface area contributed by atoms with Crippen molar-refractivity contribution in [2.24, 2.45) is 11.8 Å². The van der Waals surface area contributed by atoms with Crippen LogP contribution < -0.4 is 0 Å². The summed E-state index contributed by atoms with van der Waals surface area (Å²) in [5.41, 5.74) is 0. The van der Waals surface area contributed by atoms with Gasteiger partial charge in [0.05, 0.1) is 0 Å². The minimum atomic E-state index is -4.22. The quantitative estimate of drug-likeness (QED) is 0.561. The van der Waals surface area contributed by atoms with Crippen LogP contribution in [0.5, 0.6) is 0 Å². The van der Waals surface area contributed by atoms with Gasteiger partial charge in [-0.25, -0.2) is 0 Å². The van der Waals surface area contributed by atoms with E-state index in [1.54, 1.807) is 27.7 Å². The largest absolute Gasteiger partial charge is 0.494 e. The van der Waals surface area contributed by atoms with Gasteiger partial charge in [0, 0.05) is 10.1 Å². The second-order valence-corrected chi connectivity index (χ2v) is 12.9. The molecule has 0 aliphatic heterocycles. The van der Waals surface area contributed by atoms with Gasteiger partial charge < -0.3 is 23.3 Å². The predicted octanol–water partition coefficient (Wildman–Crippen LogP) is 1.72. The van der Waals surface area contributed by atoms with Crippen LogP contribution in [0.25, 0.3) is 0 Å². The molecule has 0 aliphatic carbocycles. The fraction of sp³-hybridized carbons (Fsp3) is 1.00. The third-order valence-corrected chi connectivity index (χ3v) is 11.6. The van der Waals surface area contributed by atoms with Gasteiger partial charge in [-0.2, -0.15) is 0 Å². The maximum absolute atomic E-state index is 10.3. The summed E-state index contributed by atoms with van der Waals surface area (Å²) < 4.78 is 5.18. The Balaban J connectivity index is 5.34. The minimum absolute atomic E-state index is 0.0545. The lowest BCUT2D eigenvalue weighted by atomic mass is 9.99. The smallest absolute Gasteiger partial charge is 0.390 e. The van der Waals surface area contributed by atoms with Crippen LogP contribution in [-0.2, 0) is 4.12 Å². The minimum Gasteiger partial charge on any atom is -0.390 e. The van der Waals surface area contributed by atoms with Crippen LogP contribution >= 0.6 is 0 Å². The second-order valence-electron chi connectivity index (χ2n) is 7.07. The first-order valence-corrected chi connectivity index (χ1v) is 10.3. The zero-order valence-electron chi connectivity index (χ0n) is 13.4. The SMILES string of the molecule is CC(C)C(C)(C)[Si](O)(O)O[Si](O)(O)C(C)(C)C(C)C. The van der Waals surface area contributed by atoms with Crippen LogP contribution in [0.4, 0.5) is 0 Å². The molecule has 0 saturated carbocycles. The topological polar surface area (TPSA) is 90.2 Å². The molecule has 7 heteroatoms. The van der Waals surface area contributed by atoms with Gasteiger partial charge in [-0.15, -0.1) is 0 Å². The Labute approximate surface area is 119 Å². The lowest BCUT2D eigenvalue weighted by Gasteiger charge is -2.44. The molecule has 19 heavy (non-hydrogen) atoms. The summed E-state index contributed by atoms with van der Waals surface area (Å²) in [6, 6.07) is 0. The zero-order valence-corrected chi connectivity index (χ0v) is 15.4. The van der Waals surface area contributed by atoms with Crippen molar-refractivity contribution in [3.63, 3.8) is 0 Å². The third-order valence-electron chi connectivity index (χ3n) is 4.85. The van der Waals surface area contributed by atoms with Gasteiger partial charge >= 0.3 is 17.6 Å². The van der Waals surface area contributed by atoms with Crippen molar-refractivity contribution in [1.82, 2.24) is 0 Å². The van der Waals surface area contributed by atoms with Gasteiger partial charge in [-0.05, 0) is 11.8 Å². The molecule has 0 radical (unpaired) electrons. The van der Waals surface area contributed by atoms with E-state index in [0.29, 0.717) is 0 Å². The van der Waals surface area contributed by atoms with E-state index in [1.807, 2.05) is 27.7 Å². The Bertz CT molecular complexity index is 281. The molecule has 116 valence electrons. The van der Waals surface area contributed by atoms with Gasteiger partial charge in [0.15, 0.2) is 0 Å². The molecular formula is C12H30O5Si2. The first-order valence-electron chi connectivity index (χ1n) is 6.69. The molecule has 0 aromatic carbocycles. The third kappa shape index (κ3) is 3.66. The van der Waals surface area contributed by atoms with Gasteiger partial charge in [0.1, 0.15) is 0 Å². The van der Waals surface area contributed by atoms with Crippen LogP contribution in [0.3, 0.4) is 0 Å². The van der Waals surface area contributed by atoms with Crippen molar-refractivity contribution in [3.05, 3.63) is 0 Å². The van der Waals surface area contributed by atoms with Gasteiger partial charge in [-0.1, -0.05) is 55.4 Å². The average Bonchev–Trinajstić information content (AvgIpc) is 2.14. The lowest BCUT2D eigenvalue weighted by molar-refractivity contribution is 0.0962. The van der Waals surface area contributed by atoms with Crippen molar-refractivity contribution in [2.75, 3.05) is 0 Å². The molecule has 0 heterocycles. The Hall–Kier alpha value is 0.234. The highest BCUT2D eigenvalue weighted by atomic mass is 28.5. The highest BCUT2D eigenvalue weighted by Gasteiger charge is 2.62. The maximum Gasteiger partial charge on any atom is 0.494 e. The van der Waals surface area contributed by atoms with Crippen LogP contribution in [0.1, 0.15) is 55.4 Å². The van der Waals surface area contributed by atoms with E-state index in [0.717, 1.165) is 0 Å². The highest BCUT2D eigenvalue weighted by Crippen LogP contribution is 2.47. The van der Waals surface area contributed by atoms with Crippen LogP contribution in [0, 0.1) is 11.8 Å². The molecule has 0 amide bonds. The fourth-order valence-corrected chi connectivity index (χ4v) is 6.41. The molecule has 0 bridgehead atoms. The molecule has 5 nitrogen and oxygen atoms in total. The van der Waals surface area contributed by atoms with E-state index >= 15 is 0 Å². The van der Waals surface area contributed by atoms with E-state index in [1.165, 1.54) is 0 Å². The van der Waals surface area contributed by atoms with Crippen molar-refractivity contribution >= 4 is 17.6 Å². The van der Waals surface area contributed by atoms with Gasteiger partial charge in [0.2, 0.25) is 0 Å². The average molecular weight is 311 g/mol. The van der Waals surface area contributed by atoms with Gasteiger partial charge in [0.25, 0.3) is 0 Å². The molecule has 0 rings (SSSR count). The monoisotopic (exact) mass is 310 g/mol. The van der Waals surface area contributed by atoms with Crippen LogP contribution in [0.15, 0.2) is 0 Å². The molecule has 0 unspecified atom stereocenters. The molecular weight excluding hydrogens is 280 g/mol. The van der Waals surface area contributed by atoms with E-state index in [2.05, 4.69) is 0 Å². The summed E-state index contributed by atoms with van der Waals surface area (Å²) in [5, 5.41) is -1.80. The van der Waals surface area contributed by atoms with E-state index in [-0.39, 0.29) is 11.8 Å². The number of rotatable bonds is 6. The summed E-state index contributed by atoms with van der Waals surface area (Å²) >= 11 is 0. The highest BCUT2D eigenvalue weighted by molar-refractivity contribution is 6.75. The molecule has 0 aromatic heterocycles. The van der Waals surface area contributed by atoms with Crippen molar-refractivity contribution in [1.29, 1.82) is 0 Å². The fourth-order valence-electron chi connectivity index (χ4n) is 1.21. The molecule has 0 spiro atoms. The molecule has 0 saturated heterocycles. The summed E-state index contributed by atoms with van der Waals surface area (Å²) in [4.78, 5) is 41.1. The summed E-state index contributed by atoms with van der Waals surface area (Å²) in [7, 11) is -8.45. The zero-order chi connectivity index (χ0) is 15.9. The molecule has 0 aliphatic rings. The molecule has 0 aromatic rings. The lowest BCUT2D eigenvalue weighted by Crippen LogP contribution is -2.63. The first-order chi connectivity index (χ1) is 8.09. The molecule has 0 fully saturated rings. The van der Waals surface area contributed by atoms with E-state index < -0.39 is 27.7 Å². The van der Waals surface area contributed by atoms with E-state index in [4.69, 9.17) is 4.12 Å². The van der Waals surface area contributed by atoms with Crippen LogP contribution in [-0.4, -0.2) is 36.8 Å². The predicted molar refractivity (Wildman–Crippen MR) is 79.2 cm³/mol. The Kier molecular flexibility index (Phi) is 5.62.